The fourth-order valence-corrected chi connectivity index (χ4v) is 13.3. The second-order valence-electron chi connectivity index (χ2n) is 21.5. The summed E-state index contributed by atoms with van der Waals surface area (Å²) in [7, 11) is 0. The van der Waals surface area contributed by atoms with Crippen LogP contribution in [-0.2, 0) is 0 Å². The number of para-hydroxylation sites is 6. The van der Waals surface area contributed by atoms with Gasteiger partial charge >= 0.3 is 0 Å². The smallest absolute Gasteiger partial charge is 0.140 e. The van der Waals surface area contributed by atoms with E-state index in [0.717, 1.165) is 101 Å². The minimum Gasteiger partial charge on any atom is -0.307 e. The Morgan fingerprint density at radius 3 is 0.744 bits per heavy atom. The van der Waals surface area contributed by atoms with E-state index in [1.165, 1.54) is 54.2 Å². The van der Waals surface area contributed by atoms with Crippen molar-refractivity contribution in [2.24, 2.45) is 0 Å². The standard InChI is InChI=1S/C77H49N5/c1-4-22-50(23-5-1)53-42-54(51-24-6-2-7-25-51)45-58(44-53)79-68-34-16-14-32-64(68)66-40-41-67-65-33-15-17-35-69(65)80(77(67)76(66)79)59-46-55(52-26-8-3-9-27-52)43-56(47-59)57-48-74(81-70-36-18-10-28-60(70)61-29-11-19-37-71(61)81)78-75(49-57)82-72-38-20-12-30-62(72)63-31-13-21-39-73(63)82/h1-49H. The second-order valence-corrected chi connectivity index (χ2v) is 21.5. The molecule has 17 aromatic rings. The zero-order valence-electron chi connectivity index (χ0n) is 44.5. The van der Waals surface area contributed by atoms with Gasteiger partial charge in [0.2, 0.25) is 0 Å². The Labute approximate surface area is 472 Å². The van der Waals surface area contributed by atoms with Crippen molar-refractivity contribution in [1.29, 1.82) is 0 Å². The van der Waals surface area contributed by atoms with Crippen molar-refractivity contribution in [1.82, 2.24) is 23.3 Å². The molecule has 0 unspecified atom stereocenters. The van der Waals surface area contributed by atoms with Crippen LogP contribution < -0.4 is 0 Å². The van der Waals surface area contributed by atoms with E-state index in [9.17, 15) is 0 Å². The van der Waals surface area contributed by atoms with E-state index in [2.05, 4.69) is 316 Å². The number of rotatable bonds is 8. The molecule has 0 spiro atoms. The van der Waals surface area contributed by atoms with Crippen LogP contribution in [0.2, 0.25) is 0 Å². The van der Waals surface area contributed by atoms with Crippen molar-refractivity contribution < 1.29 is 0 Å². The molecule has 0 aliphatic rings. The van der Waals surface area contributed by atoms with Crippen LogP contribution >= 0.6 is 0 Å². The molecule has 0 saturated carbocycles. The second kappa shape index (κ2) is 18.3. The van der Waals surface area contributed by atoms with Crippen LogP contribution in [0.4, 0.5) is 0 Å². The topological polar surface area (TPSA) is 32.6 Å². The largest absolute Gasteiger partial charge is 0.307 e. The summed E-state index contributed by atoms with van der Waals surface area (Å²) in [6, 6.07) is 109. The Morgan fingerprint density at radius 1 is 0.183 bits per heavy atom. The van der Waals surface area contributed by atoms with Gasteiger partial charge in [0.25, 0.3) is 0 Å². The highest BCUT2D eigenvalue weighted by Gasteiger charge is 2.24. The van der Waals surface area contributed by atoms with Crippen molar-refractivity contribution in [2.75, 3.05) is 0 Å². The van der Waals surface area contributed by atoms with Gasteiger partial charge in [-0.15, -0.1) is 0 Å². The summed E-state index contributed by atoms with van der Waals surface area (Å²) >= 11 is 0. The first-order valence-corrected chi connectivity index (χ1v) is 28.1. The van der Waals surface area contributed by atoms with Crippen LogP contribution in [0.5, 0.6) is 0 Å². The fraction of sp³-hybridized carbons (Fsp3) is 0. The average Bonchev–Trinajstić information content (AvgIpc) is 3.02. The SMILES string of the molecule is c1ccc(-c2cc(-c3ccccc3)cc(-n3c4ccccc4c4ccc5c6ccccc6n(-c6cc(-c7ccccc7)cc(-c7cc(-n8c9ccccc9c9ccccc98)nc(-n8c9ccccc9c9ccccc98)c7)c6)c5c43)c2)cc1. The molecule has 0 atom stereocenters. The fourth-order valence-electron chi connectivity index (χ4n) is 13.3. The average molecular weight is 1040 g/mol. The zero-order chi connectivity index (χ0) is 53.8. The lowest BCUT2D eigenvalue weighted by molar-refractivity contribution is 1.01. The van der Waals surface area contributed by atoms with Gasteiger partial charge in [-0.05, 0) is 129 Å². The minimum absolute atomic E-state index is 0.842. The predicted molar refractivity (Wildman–Crippen MR) is 343 cm³/mol. The number of hydrogen-bond acceptors (Lipinski definition) is 1. The highest BCUT2D eigenvalue weighted by molar-refractivity contribution is 6.24. The molecule has 5 heterocycles. The molecule has 0 N–H and O–H groups in total. The van der Waals surface area contributed by atoms with E-state index in [0.29, 0.717) is 0 Å². The molecule has 0 radical (unpaired) electrons. The maximum Gasteiger partial charge on any atom is 0.140 e. The van der Waals surface area contributed by atoms with Crippen LogP contribution in [-0.4, -0.2) is 23.3 Å². The molecule has 82 heavy (non-hydrogen) atoms. The summed E-state index contributed by atoms with van der Waals surface area (Å²) in [4.78, 5) is 5.74. The molecule has 0 aliphatic carbocycles. The van der Waals surface area contributed by atoms with E-state index in [1.807, 2.05) is 0 Å². The molecule has 0 saturated heterocycles. The van der Waals surface area contributed by atoms with Gasteiger partial charge in [-0.2, -0.15) is 0 Å². The number of benzene rings is 12. The quantitative estimate of drug-likeness (QED) is 0.149. The van der Waals surface area contributed by atoms with Gasteiger partial charge < -0.3 is 9.13 Å². The van der Waals surface area contributed by atoms with Gasteiger partial charge in [-0.3, -0.25) is 9.13 Å². The highest BCUT2D eigenvalue weighted by atomic mass is 15.1. The van der Waals surface area contributed by atoms with Crippen molar-refractivity contribution in [2.45, 2.75) is 0 Å². The maximum atomic E-state index is 5.74. The first kappa shape index (κ1) is 46.0. The minimum atomic E-state index is 0.842. The third-order valence-corrected chi connectivity index (χ3v) is 16.9. The molecule has 12 aromatic carbocycles. The summed E-state index contributed by atoms with van der Waals surface area (Å²) in [5.74, 6) is 1.68. The molecular formula is C77H49N5. The van der Waals surface area contributed by atoms with Crippen LogP contribution in [0.1, 0.15) is 0 Å². The summed E-state index contributed by atoms with van der Waals surface area (Å²) in [5, 5.41) is 9.53. The first-order valence-electron chi connectivity index (χ1n) is 28.1. The predicted octanol–water partition coefficient (Wildman–Crippen LogP) is 20.1. The summed E-state index contributed by atoms with van der Waals surface area (Å²) in [5.41, 5.74) is 20.2. The molecule has 0 bridgehead atoms. The highest BCUT2D eigenvalue weighted by Crippen LogP contribution is 2.45. The van der Waals surface area contributed by atoms with Gasteiger partial charge in [0, 0.05) is 54.5 Å². The molecule has 382 valence electrons. The van der Waals surface area contributed by atoms with Crippen molar-refractivity contribution in [3.8, 4) is 67.5 Å². The van der Waals surface area contributed by atoms with Gasteiger partial charge in [-0.1, -0.05) is 212 Å². The molecule has 5 aromatic heterocycles. The summed E-state index contributed by atoms with van der Waals surface area (Å²) in [6.45, 7) is 0. The van der Waals surface area contributed by atoms with E-state index in [-0.39, 0.29) is 0 Å². The third-order valence-electron chi connectivity index (χ3n) is 16.9. The van der Waals surface area contributed by atoms with Crippen molar-refractivity contribution >= 4 is 87.2 Å². The third kappa shape index (κ3) is 7.10. The van der Waals surface area contributed by atoms with Gasteiger partial charge in [0.1, 0.15) is 11.6 Å². The monoisotopic (exact) mass is 1040 g/mol. The Morgan fingerprint density at radius 2 is 0.427 bits per heavy atom. The van der Waals surface area contributed by atoms with Gasteiger partial charge in [0.05, 0.1) is 44.1 Å². The van der Waals surface area contributed by atoms with Crippen molar-refractivity contribution in [3.63, 3.8) is 0 Å². The van der Waals surface area contributed by atoms with Crippen LogP contribution in [0.25, 0.3) is 155 Å². The summed E-state index contributed by atoms with van der Waals surface area (Å²) in [6.07, 6.45) is 0. The molecule has 0 aliphatic heterocycles. The summed E-state index contributed by atoms with van der Waals surface area (Å²) < 4.78 is 9.78. The number of pyridine rings is 1. The molecule has 5 nitrogen and oxygen atoms in total. The number of aromatic nitrogens is 5. The van der Waals surface area contributed by atoms with Gasteiger partial charge in [0.15, 0.2) is 0 Å². The maximum absolute atomic E-state index is 5.74. The zero-order valence-corrected chi connectivity index (χ0v) is 44.5. The molecule has 0 fully saturated rings. The van der Waals surface area contributed by atoms with E-state index in [1.54, 1.807) is 0 Å². The van der Waals surface area contributed by atoms with Gasteiger partial charge in [-0.25, -0.2) is 4.98 Å². The number of nitrogens with zero attached hydrogens (tertiary/aromatic N) is 5. The first-order chi connectivity index (χ1) is 40.7. The Kier molecular flexibility index (Phi) is 10.2. The molecule has 17 rings (SSSR count). The van der Waals surface area contributed by atoms with E-state index in [4.69, 9.17) is 4.98 Å². The van der Waals surface area contributed by atoms with E-state index >= 15 is 0 Å². The lowest BCUT2D eigenvalue weighted by Crippen LogP contribution is -2.05. The van der Waals surface area contributed by atoms with Crippen LogP contribution in [0, 0.1) is 0 Å². The Balaban J connectivity index is 0.987. The number of fused-ring (bicyclic) bond motifs is 13. The Bertz CT molecular complexity index is 5090. The van der Waals surface area contributed by atoms with Crippen LogP contribution in [0.3, 0.4) is 0 Å². The van der Waals surface area contributed by atoms with Crippen molar-refractivity contribution in [3.05, 3.63) is 297 Å². The molecule has 0 amide bonds. The van der Waals surface area contributed by atoms with Crippen LogP contribution in [0.15, 0.2) is 297 Å². The lowest BCUT2D eigenvalue weighted by atomic mass is 9.97. The Hall–Kier alpha value is -11.0. The number of hydrogen-bond donors (Lipinski definition) is 0. The molecule has 5 heteroatoms. The normalized spacial score (nSPS) is 11.9. The molecular weight excluding hydrogens is 995 g/mol. The van der Waals surface area contributed by atoms with E-state index < -0.39 is 0 Å². The lowest BCUT2D eigenvalue weighted by Gasteiger charge is -2.18.